The van der Waals surface area contributed by atoms with Gasteiger partial charge in [-0.2, -0.15) is 5.26 Å². The average molecular weight is 515 g/mol. The van der Waals surface area contributed by atoms with E-state index in [4.69, 9.17) is 5.26 Å². The van der Waals surface area contributed by atoms with E-state index < -0.39 is 11.9 Å². The number of pyridine rings is 1. The third-order valence-electron chi connectivity index (χ3n) is 4.97. The Morgan fingerprint density at radius 3 is 2.68 bits per heavy atom. The summed E-state index contributed by atoms with van der Waals surface area (Å²) in [5.41, 5.74) is 3.29. The summed E-state index contributed by atoms with van der Waals surface area (Å²) in [5, 5.41) is 22.1. The number of nitriles is 1. The van der Waals surface area contributed by atoms with Gasteiger partial charge in [0, 0.05) is 35.7 Å². The summed E-state index contributed by atoms with van der Waals surface area (Å²) in [4.78, 5) is 26.9. The van der Waals surface area contributed by atoms with Crippen LogP contribution < -0.4 is 0 Å². The van der Waals surface area contributed by atoms with Crippen LogP contribution in [0.25, 0.3) is 10.6 Å². The number of aliphatic hydroxyl groups is 1. The van der Waals surface area contributed by atoms with Crippen molar-refractivity contribution in [2.45, 2.75) is 32.8 Å². The van der Waals surface area contributed by atoms with Gasteiger partial charge in [0.1, 0.15) is 16.9 Å². The van der Waals surface area contributed by atoms with Crippen LogP contribution in [-0.4, -0.2) is 25.8 Å². The van der Waals surface area contributed by atoms with Gasteiger partial charge in [0.05, 0.1) is 32.9 Å². The van der Waals surface area contributed by atoms with Gasteiger partial charge in [0.15, 0.2) is 5.78 Å². The number of rotatable bonds is 7. The number of thiazole rings is 2. The summed E-state index contributed by atoms with van der Waals surface area (Å²) in [5.74, 6) is -0.813. The van der Waals surface area contributed by atoms with E-state index in [-0.39, 0.29) is 35.7 Å². The number of carbonyl (C=O) groups excluding carboxylic acids is 1. The molecule has 10 heteroatoms. The molecule has 0 aliphatic heterocycles. The Bertz CT molecular complexity index is 1360. The molecule has 1 unspecified atom stereocenters. The fourth-order valence-electron chi connectivity index (χ4n) is 3.21. The van der Waals surface area contributed by atoms with Gasteiger partial charge in [-0.1, -0.05) is 6.07 Å². The number of aryl methyl sites for hydroxylation is 1. The Kier molecular flexibility index (Phi) is 8.23. The maximum Gasteiger partial charge on any atom is 0.168 e. The number of Topliss-reactive ketones (excluding diaryl/α,β-unsaturated/α-hetero) is 1. The number of benzene rings is 1. The van der Waals surface area contributed by atoms with E-state index in [1.54, 1.807) is 19.1 Å². The smallest absolute Gasteiger partial charge is 0.168 e. The van der Waals surface area contributed by atoms with Crippen molar-refractivity contribution in [2.75, 3.05) is 0 Å². The van der Waals surface area contributed by atoms with E-state index in [9.17, 15) is 14.3 Å². The van der Waals surface area contributed by atoms with Crippen LogP contribution in [0.1, 0.15) is 55.9 Å². The Morgan fingerprint density at radius 2 is 2.06 bits per heavy atom. The Balaban J connectivity index is 0.00000324. The molecule has 6 nitrogen and oxygen atoms in total. The first-order valence-electron chi connectivity index (χ1n) is 10.1. The summed E-state index contributed by atoms with van der Waals surface area (Å²) in [6.45, 7) is 3.59. The highest BCUT2D eigenvalue weighted by Crippen LogP contribution is 2.33. The van der Waals surface area contributed by atoms with Crippen LogP contribution in [0.5, 0.6) is 0 Å². The predicted molar refractivity (Wildman–Crippen MR) is 132 cm³/mol. The van der Waals surface area contributed by atoms with Crippen LogP contribution in [-0.2, 0) is 12.8 Å². The van der Waals surface area contributed by atoms with Gasteiger partial charge >= 0.3 is 0 Å². The molecule has 4 aromatic rings. The number of aliphatic hydroxyl groups excluding tert-OH is 1. The van der Waals surface area contributed by atoms with E-state index in [1.807, 2.05) is 18.4 Å². The van der Waals surface area contributed by atoms with Crippen LogP contribution in [0, 0.1) is 24.1 Å². The van der Waals surface area contributed by atoms with Gasteiger partial charge in [-0.15, -0.1) is 35.1 Å². The highest BCUT2D eigenvalue weighted by Gasteiger charge is 2.16. The molecule has 1 aromatic carbocycles. The van der Waals surface area contributed by atoms with E-state index in [2.05, 4.69) is 15.0 Å². The second-order valence-corrected chi connectivity index (χ2v) is 9.48. The highest BCUT2D eigenvalue weighted by atomic mass is 35.5. The molecule has 0 amide bonds. The molecular formula is C24H20ClFN4O2S2. The van der Waals surface area contributed by atoms with E-state index in [1.165, 1.54) is 41.0 Å². The summed E-state index contributed by atoms with van der Waals surface area (Å²) in [6, 6.07) is 9.41. The first-order valence-corrected chi connectivity index (χ1v) is 11.8. The predicted octanol–water partition coefficient (Wildman–Crippen LogP) is 5.47. The van der Waals surface area contributed by atoms with E-state index in [0.29, 0.717) is 17.0 Å². The zero-order valence-corrected chi connectivity index (χ0v) is 20.7. The number of hydrogen-bond acceptors (Lipinski definition) is 8. The molecule has 1 N–H and O–H groups in total. The van der Waals surface area contributed by atoms with Gasteiger partial charge in [0.2, 0.25) is 0 Å². The van der Waals surface area contributed by atoms with Crippen molar-refractivity contribution in [3.05, 3.63) is 85.8 Å². The largest absolute Gasteiger partial charge is 0.386 e. The van der Waals surface area contributed by atoms with Crippen molar-refractivity contribution in [3.8, 4) is 16.6 Å². The molecule has 3 aromatic heterocycles. The number of nitrogens with zero attached hydrogens (tertiary/aromatic N) is 4. The molecule has 0 saturated heterocycles. The molecule has 0 saturated carbocycles. The van der Waals surface area contributed by atoms with E-state index >= 15 is 0 Å². The number of carbonyl (C=O) groups is 1. The Labute approximate surface area is 210 Å². The van der Waals surface area contributed by atoms with Crippen LogP contribution >= 0.6 is 35.1 Å². The van der Waals surface area contributed by atoms with Crippen molar-refractivity contribution >= 4 is 40.9 Å². The normalized spacial score (nSPS) is 11.5. The maximum absolute atomic E-state index is 14.1. The van der Waals surface area contributed by atoms with Gasteiger partial charge in [-0.05, 0) is 43.7 Å². The van der Waals surface area contributed by atoms with Gasteiger partial charge in [0.25, 0.3) is 0 Å². The van der Waals surface area contributed by atoms with E-state index in [0.717, 1.165) is 33.0 Å². The fraction of sp³-hybridized carbons (Fsp3) is 0.208. The average Bonchev–Trinajstić information content (AvgIpc) is 3.42. The summed E-state index contributed by atoms with van der Waals surface area (Å²) < 4.78 is 14.1. The maximum atomic E-state index is 14.1. The van der Waals surface area contributed by atoms with Crippen LogP contribution in [0.3, 0.4) is 0 Å². The zero-order valence-electron chi connectivity index (χ0n) is 18.3. The van der Waals surface area contributed by atoms with Gasteiger partial charge in [-0.3, -0.25) is 9.78 Å². The zero-order chi connectivity index (χ0) is 23.5. The lowest BCUT2D eigenvalue weighted by Gasteiger charge is -2.04. The molecule has 0 aliphatic carbocycles. The summed E-state index contributed by atoms with van der Waals surface area (Å²) in [7, 11) is 0. The third-order valence-corrected chi connectivity index (χ3v) is 7.17. The molecule has 0 bridgehead atoms. The topological polar surface area (TPSA) is 99.8 Å². The highest BCUT2D eigenvalue weighted by molar-refractivity contribution is 7.16. The lowest BCUT2D eigenvalue weighted by Crippen LogP contribution is -2.06. The lowest BCUT2D eigenvalue weighted by atomic mass is 10.0. The van der Waals surface area contributed by atoms with Crippen molar-refractivity contribution in [1.82, 2.24) is 15.0 Å². The first kappa shape index (κ1) is 25.6. The molecule has 0 radical (unpaired) electrons. The number of hydrogen-bond donors (Lipinski definition) is 1. The van der Waals surface area contributed by atoms with Crippen LogP contribution in [0.2, 0.25) is 0 Å². The third kappa shape index (κ3) is 5.72. The number of ketones is 1. The molecule has 1 atom stereocenters. The molecule has 0 spiro atoms. The standard InChI is InChI=1S/C24H19FN4O2S2.ClH/c1-13-23(33-24(28-13)14(2)30)20-12-32-22(29-20)9-18-6-5-17(11-27-18)21(31)8-16-4-3-15(10-26)7-19(16)25;/h3-7,11-12,14,30H,8-9H2,1-2H3;1H. The second-order valence-electron chi connectivity index (χ2n) is 7.50. The quantitative estimate of drug-likeness (QED) is 0.328. The molecule has 0 aliphatic rings. The van der Waals surface area contributed by atoms with Crippen molar-refractivity contribution < 1.29 is 14.3 Å². The van der Waals surface area contributed by atoms with Crippen molar-refractivity contribution in [3.63, 3.8) is 0 Å². The lowest BCUT2D eigenvalue weighted by molar-refractivity contribution is 0.0991. The minimum Gasteiger partial charge on any atom is -0.386 e. The number of aromatic nitrogens is 3. The molecule has 4 rings (SSSR count). The molecule has 3 heterocycles. The fourth-order valence-corrected chi connectivity index (χ4v) is 5.05. The van der Waals surface area contributed by atoms with Crippen LogP contribution in [0.15, 0.2) is 41.9 Å². The van der Waals surface area contributed by atoms with Crippen molar-refractivity contribution in [2.24, 2.45) is 0 Å². The first-order chi connectivity index (χ1) is 15.8. The number of halogens is 2. The monoisotopic (exact) mass is 514 g/mol. The van der Waals surface area contributed by atoms with Gasteiger partial charge < -0.3 is 5.11 Å². The molecule has 34 heavy (non-hydrogen) atoms. The van der Waals surface area contributed by atoms with Gasteiger partial charge in [-0.25, -0.2) is 14.4 Å². The minimum absolute atomic E-state index is 0. The summed E-state index contributed by atoms with van der Waals surface area (Å²) in [6.07, 6.45) is 1.30. The second kappa shape index (κ2) is 10.9. The SMILES string of the molecule is Cc1nc(C(C)O)sc1-c1csc(Cc2ccc(C(=O)Cc3ccc(C#N)cc3F)cn2)n1.Cl. The Morgan fingerprint density at radius 1 is 1.26 bits per heavy atom. The summed E-state index contributed by atoms with van der Waals surface area (Å²) >= 11 is 2.95. The minimum atomic E-state index is -0.612. The molecule has 0 fully saturated rings. The van der Waals surface area contributed by atoms with Crippen LogP contribution in [0.4, 0.5) is 4.39 Å². The Hall–Kier alpha value is -3.03. The molecular weight excluding hydrogens is 495 g/mol. The van der Waals surface area contributed by atoms with Crippen molar-refractivity contribution in [1.29, 1.82) is 5.26 Å². The molecule has 174 valence electrons.